The van der Waals surface area contributed by atoms with Crippen molar-refractivity contribution < 1.29 is 9.53 Å². The molecular weight excluding hydrogens is 192 g/mol. The molecule has 0 aromatic heterocycles. The number of nitrogens with zero attached hydrogens (tertiary/aromatic N) is 1. The lowest BCUT2D eigenvalue weighted by Crippen LogP contribution is -2.37. The Kier molecular flexibility index (Phi) is 6.32. The summed E-state index contributed by atoms with van der Waals surface area (Å²) >= 11 is 0. The highest BCUT2D eigenvalue weighted by molar-refractivity contribution is 5.68. The fourth-order valence-corrected chi connectivity index (χ4v) is 1.15. The lowest BCUT2D eigenvalue weighted by molar-refractivity contribution is 0.0258. The van der Waals surface area contributed by atoms with Crippen molar-refractivity contribution in [3.8, 4) is 0 Å². The number of rotatable bonds is 5. The Morgan fingerprint density at radius 3 is 2.40 bits per heavy atom. The van der Waals surface area contributed by atoms with Crippen LogP contribution >= 0.6 is 0 Å². The average molecular weight is 216 g/mol. The van der Waals surface area contributed by atoms with E-state index in [1.54, 1.807) is 4.90 Å². The fraction of sp³-hybridized carbons (Fsp3) is 0.909. The summed E-state index contributed by atoms with van der Waals surface area (Å²) in [6.07, 6.45) is 0.727. The number of hydrogen-bond donors (Lipinski definition) is 1. The van der Waals surface area contributed by atoms with Gasteiger partial charge < -0.3 is 15.0 Å². The molecule has 0 atom stereocenters. The van der Waals surface area contributed by atoms with Gasteiger partial charge in [0.2, 0.25) is 0 Å². The lowest BCUT2D eigenvalue weighted by atomic mass is 10.2. The zero-order valence-electron chi connectivity index (χ0n) is 10.6. The molecule has 0 bridgehead atoms. The second kappa shape index (κ2) is 6.67. The maximum atomic E-state index is 11.7. The van der Waals surface area contributed by atoms with Gasteiger partial charge in [-0.05, 0) is 47.7 Å². The van der Waals surface area contributed by atoms with Crippen LogP contribution in [-0.4, -0.2) is 43.3 Å². The van der Waals surface area contributed by atoms with Crippen molar-refractivity contribution in [2.75, 3.05) is 26.7 Å². The Morgan fingerprint density at radius 2 is 2.00 bits per heavy atom. The molecule has 0 saturated heterocycles. The molecule has 90 valence electrons. The van der Waals surface area contributed by atoms with Gasteiger partial charge in [0.05, 0.1) is 0 Å². The van der Waals surface area contributed by atoms with Gasteiger partial charge in [0.1, 0.15) is 5.60 Å². The van der Waals surface area contributed by atoms with Crippen LogP contribution in [0, 0.1) is 0 Å². The SMILES string of the molecule is CCN(CCCNC)C(=O)OC(C)(C)C. The highest BCUT2D eigenvalue weighted by Gasteiger charge is 2.20. The number of ether oxygens (including phenoxy) is 1. The molecule has 15 heavy (non-hydrogen) atoms. The van der Waals surface area contributed by atoms with Gasteiger partial charge in [0.15, 0.2) is 0 Å². The molecule has 0 aliphatic carbocycles. The van der Waals surface area contributed by atoms with E-state index < -0.39 is 5.60 Å². The number of carbonyl (C=O) groups excluding carboxylic acids is 1. The normalized spacial score (nSPS) is 11.3. The molecular formula is C11H24N2O2. The van der Waals surface area contributed by atoms with Crippen molar-refractivity contribution in [3.63, 3.8) is 0 Å². The van der Waals surface area contributed by atoms with Crippen LogP contribution in [0.3, 0.4) is 0 Å². The number of amides is 1. The van der Waals surface area contributed by atoms with Crippen LogP contribution in [-0.2, 0) is 4.74 Å². The van der Waals surface area contributed by atoms with Crippen molar-refractivity contribution in [3.05, 3.63) is 0 Å². The molecule has 0 rings (SSSR count). The van der Waals surface area contributed by atoms with Gasteiger partial charge in [-0.25, -0.2) is 4.79 Å². The van der Waals surface area contributed by atoms with Gasteiger partial charge >= 0.3 is 6.09 Å². The third kappa shape index (κ3) is 7.19. The second-order valence-electron chi connectivity index (χ2n) is 4.52. The standard InChI is InChI=1S/C11H24N2O2/c1-6-13(9-7-8-12-5)10(14)15-11(2,3)4/h12H,6-9H2,1-5H3. The van der Waals surface area contributed by atoms with E-state index in [0.717, 1.165) is 19.5 Å². The summed E-state index contributed by atoms with van der Waals surface area (Å²) in [6.45, 7) is 9.96. The van der Waals surface area contributed by atoms with Crippen LogP contribution in [0.2, 0.25) is 0 Å². The van der Waals surface area contributed by atoms with Crippen molar-refractivity contribution in [1.29, 1.82) is 0 Å². The maximum Gasteiger partial charge on any atom is 0.410 e. The van der Waals surface area contributed by atoms with Crippen molar-refractivity contribution >= 4 is 6.09 Å². The first-order chi connectivity index (χ1) is 6.90. The van der Waals surface area contributed by atoms with E-state index in [1.807, 2.05) is 34.7 Å². The minimum absolute atomic E-state index is 0.221. The number of hydrogen-bond acceptors (Lipinski definition) is 3. The monoisotopic (exact) mass is 216 g/mol. The molecule has 0 aliphatic heterocycles. The van der Waals surface area contributed by atoms with Crippen molar-refractivity contribution in [1.82, 2.24) is 10.2 Å². The third-order valence-corrected chi connectivity index (χ3v) is 1.89. The van der Waals surface area contributed by atoms with Gasteiger partial charge in [-0.2, -0.15) is 0 Å². The average Bonchev–Trinajstić information content (AvgIpc) is 2.09. The van der Waals surface area contributed by atoms with Crippen LogP contribution in [0.4, 0.5) is 4.79 Å². The highest BCUT2D eigenvalue weighted by Crippen LogP contribution is 2.09. The van der Waals surface area contributed by atoms with Gasteiger partial charge in [0.25, 0.3) is 0 Å². The zero-order chi connectivity index (χ0) is 11.9. The molecule has 0 radical (unpaired) electrons. The molecule has 0 spiro atoms. The molecule has 0 aliphatic rings. The molecule has 4 nitrogen and oxygen atoms in total. The summed E-state index contributed by atoms with van der Waals surface area (Å²) in [5.74, 6) is 0. The third-order valence-electron chi connectivity index (χ3n) is 1.89. The quantitative estimate of drug-likeness (QED) is 0.713. The topological polar surface area (TPSA) is 41.6 Å². The molecule has 0 fully saturated rings. The Hall–Kier alpha value is -0.770. The van der Waals surface area contributed by atoms with Gasteiger partial charge in [0, 0.05) is 13.1 Å². The summed E-state index contributed by atoms with van der Waals surface area (Å²) in [5.41, 5.74) is -0.409. The Morgan fingerprint density at radius 1 is 1.40 bits per heavy atom. The predicted molar refractivity (Wildman–Crippen MR) is 62.0 cm³/mol. The van der Waals surface area contributed by atoms with Gasteiger partial charge in [-0.15, -0.1) is 0 Å². The number of carbonyl (C=O) groups is 1. The Labute approximate surface area is 93.0 Å². The lowest BCUT2D eigenvalue weighted by Gasteiger charge is -2.26. The van der Waals surface area contributed by atoms with E-state index in [2.05, 4.69) is 5.32 Å². The van der Waals surface area contributed by atoms with E-state index >= 15 is 0 Å². The minimum atomic E-state index is -0.409. The largest absolute Gasteiger partial charge is 0.444 e. The first-order valence-corrected chi connectivity index (χ1v) is 5.53. The summed E-state index contributed by atoms with van der Waals surface area (Å²) in [5, 5.41) is 3.06. The first-order valence-electron chi connectivity index (χ1n) is 5.53. The molecule has 0 heterocycles. The zero-order valence-corrected chi connectivity index (χ0v) is 10.6. The smallest absolute Gasteiger partial charge is 0.410 e. The fourth-order valence-electron chi connectivity index (χ4n) is 1.15. The van der Waals surface area contributed by atoms with Crippen molar-refractivity contribution in [2.45, 2.75) is 39.7 Å². The van der Waals surface area contributed by atoms with Gasteiger partial charge in [-0.1, -0.05) is 0 Å². The van der Waals surface area contributed by atoms with Crippen LogP contribution in [0.5, 0.6) is 0 Å². The summed E-state index contributed by atoms with van der Waals surface area (Å²) in [7, 11) is 1.91. The maximum absolute atomic E-state index is 11.7. The first kappa shape index (κ1) is 14.2. The van der Waals surface area contributed by atoms with Crippen LogP contribution < -0.4 is 5.32 Å². The van der Waals surface area contributed by atoms with Gasteiger partial charge in [-0.3, -0.25) is 0 Å². The predicted octanol–water partition coefficient (Wildman–Crippen LogP) is 1.85. The second-order valence-corrected chi connectivity index (χ2v) is 4.52. The van der Waals surface area contributed by atoms with E-state index in [-0.39, 0.29) is 6.09 Å². The van der Waals surface area contributed by atoms with Crippen LogP contribution in [0.25, 0.3) is 0 Å². The highest BCUT2D eigenvalue weighted by atomic mass is 16.6. The summed E-state index contributed by atoms with van der Waals surface area (Å²) in [4.78, 5) is 13.4. The van der Waals surface area contributed by atoms with E-state index in [1.165, 1.54) is 0 Å². The van der Waals surface area contributed by atoms with E-state index in [4.69, 9.17) is 4.74 Å². The Bertz CT molecular complexity index is 188. The molecule has 0 unspecified atom stereocenters. The molecule has 0 aromatic carbocycles. The molecule has 0 saturated carbocycles. The van der Waals surface area contributed by atoms with Crippen LogP contribution in [0.1, 0.15) is 34.1 Å². The molecule has 4 heteroatoms. The number of nitrogens with one attached hydrogen (secondary N) is 1. The minimum Gasteiger partial charge on any atom is -0.444 e. The van der Waals surface area contributed by atoms with E-state index in [9.17, 15) is 4.79 Å². The van der Waals surface area contributed by atoms with Crippen LogP contribution in [0.15, 0.2) is 0 Å². The van der Waals surface area contributed by atoms with Crippen molar-refractivity contribution in [2.24, 2.45) is 0 Å². The molecule has 1 amide bonds. The summed E-state index contributed by atoms with van der Waals surface area (Å²) in [6, 6.07) is 0. The Balaban J connectivity index is 3.99. The molecule has 1 N–H and O–H groups in total. The van der Waals surface area contributed by atoms with E-state index in [0.29, 0.717) is 6.54 Å². The summed E-state index contributed by atoms with van der Waals surface area (Å²) < 4.78 is 5.29. The molecule has 0 aromatic rings.